The van der Waals surface area contributed by atoms with Gasteiger partial charge >= 0.3 is 0 Å². The summed E-state index contributed by atoms with van der Waals surface area (Å²) in [6.07, 6.45) is 4.45. The van der Waals surface area contributed by atoms with Crippen LogP contribution >= 0.6 is 0 Å². The van der Waals surface area contributed by atoms with Crippen LogP contribution in [0.5, 0.6) is 11.5 Å². The van der Waals surface area contributed by atoms with E-state index in [1.165, 1.54) is 12.8 Å². The molecule has 3 rings (SSSR count). The Morgan fingerprint density at radius 3 is 2.19 bits per heavy atom. The van der Waals surface area contributed by atoms with Crippen molar-refractivity contribution in [3.8, 4) is 11.5 Å². The van der Waals surface area contributed by atoms with Crippen LogP contribution in [-0.4, -0.2) is 31.3 Å². The summed E-state index contributed by atoms with van der Waals surface area (Å²) in [4.78, 5) is 6.94. The Morgan fingerprint density at radius 1 is 0.952 bits per heavy atom. The Kier molecular flexibility index (Phi) is 4.13. The maximum atomic E-state index is 5.70. The van der Waals surface area contributed by atoms with E-state index in [-0.39, 0.29) is 0 Å². The summed E-state index contributed by atoms with van der Waals surface area (Å²) >= 11 is 0. The number of pyridine rings is 1. The Morgan fingerprint density at radius 2 is 1.57 bits per heavy atom. The molecule has 0 spiro atoms. The van der Waals surface area contributed by atoms with Crippen molar-refractivity contribution in [2.75, 3.05) is 31.2 Å². The molecule has 1 aromatic heterocycles. The van der Waals surface area contributed by atoms with Gasteiger partial charge in [0, 0.05) is 24.7 Å². The third-order valence-electron chi connectivity index (χ3n) is 3.80. The second-order valence-corrected chi connectivity index (χ2v) is 5.25. The largest absolute Gasteiger partial charge is 0.490 e. The zero-order chi connectivity index (χ0) is 14.7. The van der Waals surface area contributed by atoms with Crippen LogP contribution in [0.2, 0.25) is 0 Å². The second-order valence-electron chi connectivity index (χ2n) is 5.25. The van der Waals surface area contributed by atoms with E-state index < -0.39 is 0 Å². The summed E-state index contributed by atoms with van der Waals surface area (Å²) in [5.74, 6) is 2.67. The number of hydrogen-bond acceptors (Lipinski definition) is 4. The predicted molar refractivity (Wildman–Crippen MR) is 85.5 cm³/mol. The molecule has 0 radical (unpaired) electrons. The number of nitrogens with zero attached hydrogens (tertiary/aromatic N) is 2. The molecule has 4 heteroatoms. The summed E-state index contributed by atoms with van der Waals surface area (Å²) in [5, 5.41) is 2.24. The molecule has 2 aromatic rings. The van der Waals surface area contributed by atoms with Crippen LogP contribution in [0.1, 0.15) is 26.7 Å². The SMILES string of the molecule is CCOc1cc2cnc(N3CCCC3)cc2cc1OCC. The van der Waals surface area contributed by atoms with Gasteiger partial charge in [0.05, 0.1) is 13.2 Å². The van der Waals surface area contributed by atoms with Gasteiger partial charge in [0.1, 0.15) is 5.82 Å². The highest BCUT2D eigenvalue weighted by Gasteiger charge is 2.15. The molecule has 0 amide bonds. The molecule has 1 aliphatic rings. The number of aromatic nitrogens is 1. The molecular weight excluding hydrogens is 264 g/mol. The third-order valence-corrected chi connectivity index (χ3v) is 3.80. The van der Waals surface area contributed by atoms with Gasteiger partial charge in [0.15, 0.2) is 11.5 Å². The predicted octanol–water partition coefficient (Wildman–Crippen LogP) is 3.63. The Hall–Kier alpha value is -1.97. The first-order chi connectivity index (χ1) is 10.3. The number of ether oxygens (including phenoxy) is 2. The molecule has 1 fully saturated rings. The molecule has 0 unspecified atom stereocenters. The summed E-state index contributed by atoms with van der Waals surface area (Å²) in [6, 6.07) is 6.23. The zero-order valence-electron chi connectivity index (χ0n) is 12.8. The topological polar surface area (TPSA) is 34.6 Å². The van der Waals surface area contributed by atoms with E-state index in [4.69, 9.17) is 9.47 Å². The maximum Gasteiger partial charge on any atom is 0.161 e. The van der Waals surface area contributed by atoms with Crippen molar-refractivity contribution in [3.05, 3.63) is 24.4 Å². The quantitative estimate of drug-likeness (QED) is 0.840. The van der Waals surface area contributed by atoms with Crippen molar-refractivity contribution in [2.24, 2.45) is 0 Å². The van der Waals surface area contributed by atoms with E-state index in [0.29, 0.717) is 13.2 Å². The van der Waals surface area contributed by atoms with Crippen LogP contribution < -0.4 is 14.4 Å². The van der Waals surface area contributed by atoms with Gasteiger partial charge in [-0.2, -0.15) is 0 Å². The number of hydrogen-bond donors (Lipinski definition) is 0. The van der Waals surface area contributed by atoms with Gasteiger partial charge in [-0.1, -0.05) is 0 Å². The molecule has 1 aromatic carbocycles. The van der Waals surface area contributed by atoms with Gasteiger partial charge < -0.3 is 14.4 Å². The summed E-state index contributed by atoms with van der Waals surface area (Å²) in [5.41, 5.74) is 0. The first-order valence-corrected chi connectivity index (χ1v) is 7.76. The first kappa shape index (κ1) is 14.0. The highest BCUT2D eigenvalue weighted by molar-refractivity contribution is 5.87. The van der Waals surface area contributed by atoms with Gasteiger partial charge in [-0.15, -0.1) is 0 Å². The van der Waals surface area contributed by atoms with Gasteiger partial charge in [-0.05, 0) is 50.3 Å². The fourth-order valence-electron chi connectivity index (χ4n) is 2.80. The fourth-order valence-corrected chi connectivity index (χ4v) is 2.80. The van der Waals surface area contributed by atoms with Crippen LogP contribution in [0.4, 0.5) is 5.82 Å². The lowest BCUT2D eigenvalue weighted by molar-refractivity contribution is 0.288. The van der Waals surface area contributed by atoms with Crippen LogP contribution in [-0.2, 0) is 0 Å². The van der Waals surface area contributed by atoms with E-state index in [2.05, 4.69) is 22.0 Å². The molecule has 21 heavy (non-hydrogen) atoms. The highest BCUT2D eigenvalue weighted by Crippen LogP contribution is 2.34. The third kappa shape index (κ3) is 2.89. The van der Waals surface area contributed by atoms with Gasteiger partial charge in [-0.25, -0.2) is 4.98 Å². The molecule has 0 saturated carbocycles. The minimum absolute atomic E-state index is 0.630. The average molecular weight is 286 g/mol. The molecule has 0 N–H and O–H groups in total. The lowest BCUT2D eigenvalue weighted by Gasteiger charge is -2.17. The zero-order valence-corrected chi connectivity index (χ0v) is 12.8. The molecular formula is C17H22N2O2. The fraction of sp³-hybridized carbons (Fsp3) is 0.471. The first-order valence-electron chi connectivity index (χ1n) is 7.76. The minimum atomic E-state index is 0.630. The summed E-state index contributed by atoms with van der Waals surface area (Å²) in [6.45, 7) is 7.44. The average Bonchev–Trinajstić information content (AvgIpc) is 3.02. The van der Waals surface area contributed by atoms with Crippen molar-refractivity contribution in [1.82, 2.24) is 4.98 Å². The lowest BCUT2D eigenvalue weighted by Crippen LogP contribution is -2.18. The summed E-state index contributed by atoms with van der Waals surface area (Å²) < 4.78 is 11.4. The molecule has 0 bridgehead atoms. The van der Waals surface area contributed by atoms with Crippen molar-refractivity contribution < 1.29 is 9.47 Å². The molecule has 2 heterocycles. The van der Waals surface area contributed by atoms with Crippen molar-refractivity contribution in [1.29, 1.82) is 0 Å². The maximum absolute atomic E-state index is 5.70. The molecule has 4 nitrogen and oxygen atoms in total. The number of rotatable bonds is 5. The van der Waals surface area contributed by atoms with Crippen molar-refractivity contribution >= 4 is 16.6 Å². The molecule has 1 saturated heterocycles. The number of benzene rings is 1. The van der Waals surface area contributed by atoms with E-state index in [0.717, 1.165) is 41.2 Å². The Balaban J connectivity index is 2.01. The van der Waals surface area contributed by atoms with Gasteiger partial charge in [-0.3, -0.25) is 0 Å². The Bertz CT molecular complexity index is 621. The smallest absolute Gasteiger partial charge is 0.161 e. The van der Waals surface area contributed by atoms with Gasteiger partial charge in [0.25, 0.3) is 0 Å². The van der Waals surface area contributed by atoms with E-state index in [1.54, 1.807) is 0 Å². The highest BCUT2D eigenvalue weighted by atomic mass is 16.5. The molecule has 1 aliphatic heterocycles. The van der Waals surface area contributed by atoms with Crippen molar-refractivity contribution in [2.45, 2.75) is 26.7 Å². The van der Waals surface area contributed by atoms with Gasteiger partial charge in [0.2, 0.25) is 0 Å². The van der Waals surface area contributed by atoms with Crippen LogP contribution in [0.3, 0.4) is 0 Å². The monoisotopic (exact) mass is 286 g/mol. The molecule has 0 aliphatic carbocycles. The van der Waals surface area contributed by atoms with Crippen molar-refractivity contribution in [3.63, 3.8) is 0 Å². The lowest BCUT2D eigenvalue weighted by atomic mass is 10.1. The minimum Gasteiger partial charge on any atom is -0.490 e. The molecule has 0 atom stereocenters. The van der Waals surface area contributed by atoms with E-state index in [1.807, 2.05) is 26.1 Å². The van der Waals surface area contributed by atoms with E-state index in [9.17, 15) is 0 Å². The normalized spacial score (nSPS) is 14.7. The van der Waals surface area contributed by atoms with Crippen LogP contribution in [0.25, 0.3) is 10.8 Å². The second kappa shape index (κ2) is 6.20. The Labute approximate surface area is 125 Å². The standard InChI is InChI=1S/C17H22N2O2/c1-3-20-15-9-13-11-17(19-7-5-6-8-19)18-12-14(13)10-16(15)21-4-2/h9-12H,3-8H2,1-2H3. The summed E-state index contributed by atoms with van der Waals surface area (Å²) in [7, 11) is 0. The molecule has 112 valence electrons. The number of anilines is 1. The van der Waals surface area contributed by atoms with Crippen LogP contribution in [0, 0.1) is 0 Å². The van der Waals surface area contributed by atoms with Crippen LogP contribution in [0.15, 0.2) is 24.4 Å². The number of fused-ring (bicyclic) bond motifs is 1. The van der Waals surface area contributed by atoms with E-state index >= 15 is 0 Å².